The van der Waals surface area contributed by atoms with Crippen molar-refractivity contribution in [3.63, 3.8) is 0 Å². The summed E-state index contributed by atoms with van der Waals surface area (Å²) in [5.74, 6) is -1.72. The van der Waals surface area contributed by atoms with Crippen LogP contribution in [0.3, 0.4) is 0 Å². The molecule has 9 rings (SSSR count). The van der Waals surface area contributed by atoms with Gasteiger partial charge in [0.1, 0.15) is 41.9 Å². The molecule has 0 spiro atoms. The summed E-state index contributed by atoms with van der Waals surface area (Å²) >= 11 is 8.50. The van der Waals surface area contributed by atoms with Gasteiger partial charge in [-0.1, -0.05) is 87.5 Å². The second-order valence-corrected chi connectivity index (χ2v) is 27.8. The normalized spacial score (nSPS) is 17.1. The fourth-order valence-electron chi connectivity index (χ4n) is 12.5. The zero-order valence-electron chi connectivity index (χ0n) is 59.4. The van der Waals surface area contributed by atoms with Gasteiger partial charge in [-0.05, 0) is 90.8 Å². The molecule has 556 valence electrons. The number of aromatic hydroxyl groups is 1. The molecule has 5 heterocycles. The zero-order chi connectivity index (χ0) is 72.5. The van der Waals surface area contributed by atoms with Gasteiger partial charge in [-0.3, -0.25) is 24.1 Å². The van der Waals surface area contributed by atoms with Crippen molar-refractivity contribution < 1.29 is 81.2 Å². The summed E-state index contributed by atoms with van der Waals surface area (Å²) in [6, 6.07) is 17.9. The lowest BCUT2D eigenvalue weighted by Gasteiger charge is -2.35. The number of likely N-dealkylation sites (tertiary alicyclic amines) is 2. The van der Waals surface area contributed by atoms with Gasteiger partial charge in [-0.2, -0.15) is 9.97 Å². The number of anilines is 1. The maximum atomic E-state index is 17.1. The Kier molecular flexibility index (Phi) is 30.8. The molecule has 0 saturated carbocycles. The molecule has 4 N–H and O–H groups in total. The van der Waals surface area contributed by atoms with E-state index >= 15 is 4.39 Å². The van der Waals surface area contributed by atoms with Crippen LogP contribution in [0.4, 0.5) is 10.2 Å². The number of benzene rings is 4. The van der Waals surface area contributed by atoms with E-state index < -0.39 is 41.2 Å². The van der Waals surface area contributed by atoms with Crippen LogP contribution >= 0.6 is 22.9 Å². The van der Waals surface area contributed by atoms with Gasteiger partial charge in [-0.15, -0.1) is 11.3 Å². The fourth-order valence-corrected chi connectivity index (χ4v) is 13.6. The number of nitrogens with one attached hydrogen (secondary N) is 2. The first kappa shape index (κ1) is 79.0. The molecular formula is C74H99ClFN9O16S. The minimum Gasteiger partial charge on any atom is -0.508 e. The number of phenols is 1. The van der Waals surface area contributed by atoms with Gasteiger partial charge in [0.15, 0.2) is 5.82 Å². The van der Waals surface area contributed by atoms with Gasteiger partial charge in [0.2, 0.25) is 23.6 Å². The van der Waals surface area contributed by atoms with Crippen LogP contribution in [-0.2, 0) is 61.8 Å². The van der Waals surface area contributed by atoms with Crippen molar-refractivity contribution in [2.24, 2.45) is 5.41 Å². The monoisotopic (exact) mass is 1460 g/mol. The van der Waals surface area contributed by atoms with E-state index in [0.29, 0.717) is 142 Å². The molecule has 4 amide bonds. The van der Waals surface area contributed by atoms with Crippen molar-refractivity contribution in [2.45, 2.75) is 97.2 Å². The first-order chi connectivity index (χ1) is 49.3. The number of fused-ring (bicyclic) bond motifs is 2. The molecule has 4 aromatic carbocycles. The molecule has 25 nitrogen and oxygen atoms in total. The Hall–Kier alpha value is -7.09. The van der Waals surface area contributed by atoms with Gasteiger partial charge >= 0.3 is 6.01 Å². The average Bonchev–Trinajstić information content (AvgIpc) is 0.810. The molecule has 3 aliphatic heterocycles. The summed E-state index contributed by atoms with van der Waals surface area (Å²) in [7, 11) is 0. The highest BCUT2D eigenvalue weighted by atomic mass is 35.5. The summed E-state index contributed by atoms with van der Waals surface area (Å²) < 4.78 is 74.5. The maximum absolute atomic E-state index is 17.1. The van der Waals surface area contributed by atoms with Crippen molar-refractivity contribution >= 4 is 74.1 Å². The van der Waals surface area contributed by atoms with Crippen molar-refractivity contribution in [3.05, 3.63) is 107 Å². The van der Waals surface area contributed by atoms with Crippen LogP contribution in [0, 0.1) is 18.2 Å². The summed E-state index contributed by atoms with van der Waals surface area (Å²) in [6.45, 7) is 24.6. The number of halogens is 2. The second kappa shape index (κ2) is 39.7. The summed E-state index contributed by atoms with van der Waals surface area (Å²) in [5.41, 5.74) is 4.55. The maximum Gasteiger partial charge on any atom is 0.319 e. The van der Waals surface area contributed by atoms with E-state index in [1.54, 1.807) is 28.4 Å². The van der Waals surface area contributed by atoms with Crippen LogP contribution in [-0.4, -0.2) is 259 Å². The van der Waals surface area contributed by atoms with E-state index in [-0.39, 0.29) is 90.7 Å². The lowest BCUT2D eigenvalue weighted by molar-refractivity contribution is -0.144. The molecule has 0 bridgehead atoms. The molecule has 3 saturated heterocycles. The first-order valence-electron chi connectivity index (χ1n) is 35.1. The number of β-amino-alcohol motifs (C(OH)–C–C–N with tert-alkyl or cyclic N) is 1. The van der Waals surface area contributed by atoms with E-state index in [1.165, 1.54) is 17.0 Å². The van der Waals surface area contributed by atoms with Crippen LogP contribution in [0.25, 0.3) is 43.2 Å². The van der Waals surface area contributed by atoms with Crippen LogP contribution in [0.2, 0.25) is 5.02 Å². The number of aryl methyl sites for hydroxylation is 1. The predicted octanol–water partition coefficient (Wildman–Crippen LogP) is 7.97. The SMILES string of the molecule is C=CC(=O)N1CCN(c2nc(O[C@H](C)CN3CCC(OCCOCCOCCOCCOCCOCCOCCOCCOCC(=O)N[C@H](C(=O)N4C[C@H](O)C[C@H]4C(=O)N[C@@H](C)c4ccc(-c5scnc5C)cc4)C(C)(C)C)CC3)nc3c(F)c(-c4cc(O)cc5ccccc45)c(Cl)cc23)CC1. The number of ether oxygens (including phenoxy) is 10. The highest BCUT2D eigenvalue weighted by Crippen LogP contribution is 2.43. The van der Waals surface area contributed by atoms with Crippen LogP contribution in [0.1, 0.15) is 71.2 Å². The minimum atomic E-state index is -0.983. The topological polar surface area (TPSA) is 277 Å². The number of thiazole rings is 1. The number of nitrogens with zero attached hydrogens (tertiary/aromatic N) is 7. The highest BCUT2D eigenvalue weighted by Gasteiger charge is 2.45. The van der Waals surface area contributed by atoms with Gasteiger partial charge in [0, 0.05) is 69.7 Å². The van der Waals surface area contributed by atoms with Crippen LogP contribution < -0.4 is 20.3 Å². The van der Waals surface area contributed by atoms with E-state index in [2.05, 4.69) is 32.1 Å². The molecule has 2 aromatic heterocycles. The lowest BCUT2D eigenvalue weighted by atomic mass is 9.85. The molecule has 3 aliphatic rings. The Morgan fingerprint density at radius 3 is 1.92 bits per heavy atom. The van der Waals surface area contributed by atoms with Gasteiger partial charge in [0.25, 0.3) is 0 Å². The van der Waals surface area contributed by atoms with Crippen molar-refractivity contribution in [2.75, 3.05) is 170 Å². The molecule has 0 unspecified atom stereocenters. The molecule has 5 atom stereocenters. The third-order valence-electron chi connectivity index (χ3n) is 17.9. The molecular weight excluding hydrogens is 1360 g/mol. The number of hydrogen-bond acceptors (Lipinski definition) is 22. The van der Waals surface area contributed by atoms with Crippen LogP contribution in [0.5, 0.6) is 11.8 Å². The predicted molar refractivity (Wildman–Crippen MR) is 387 cm³/mol. The van der Waals surface area contributed by atoms with Crippen molar-refractivity contribution in [1.82, 2.24) is 40.3 Å². The molecule has 102 heavy (non-hydrogen) atoms. The number of aliphatic hydroxyl groups is 1. The third kappa shape index (κ3) is 23.0. The molecule has 0 radical (unpaired) electrons. The fraction of sp³-hybridized carbons (Fsp3) is 0.554. The number of amides is 4. The Morgan fingerprint density at radius 2 is 1.34 bits per heavy atom. The first-order valence-corrected chi connectivity index (χ1v) is 36.3. The standard InChI is InChI=1S/C74H99ClFN9O16S/c1-8-64(89)83-21-23-84(24-22-83)70-60-44-61(75)65(59-42-55(86)41-54-11-9-10-12-58(54)59)66(76)67(60)80-73(81-70)101-49(2)45-82-19-17-57(18-20-82)100-40-39-98-36-35-96-32-31-94-28-27-92-25-26-93-29-30-95-33-34-97-37-38-99-47-63(88)79-69(74(5,6)7)72(91)85-46-56(87)43-62(85)71(90)78-50(3)52-13-15-53(16-14-52)68-51(4)77-48-102-68/h8-16,41-42,44,48-50,56-57,62,69,86-87H,1,17-40,43,45-47H2,2-7H3,(H,78,90)(H,79,88)/t49-,50+,56-,62+,69-/m1/s1. The number of piperazine rings is 1. The molecule has 3 fully saturated rings. The minimum absolute atomic E-state index is 0.0210. The van der Waals surface area contributed by atoms with Crippen molar-refractivity contribution in [3.8, 4) is 33.3 Å². The number of hydrogen-bond donors (Lipinski definition) is 4. The number of carbonyl (C=O) groups excluding carboxylic acids is 4. The van der Waals surface area contributed by atoms with E-state index in [0.717, 1.165) is 58.4 Å². The van der Waals surface area contributed by atoms with Gasteiger partial charge < -0.3 is 82.9 Å². The van der Waals surface area contributed by atoms with E-state index in [4.69, 9.17) is 64.0 Å². The largest absolute Gasteiger partial charge is 0.508 e. The summed E-state index contributed by atoms with van der Waals surface area (Å²) in [6.07, 6.45) is 1.93. The Bertz CT molecular complexity index is 3690. The van der Waals surface area contributed by atoms with E-state index in [1.807, 2.05) is 100 Å². The Labute approximate surface area is 605 Å². The van der Waals surface area contributed by atoms with Gasteiger partial charge in [0.05, 0.1) is 145 Å². The molecule has 0 aliphatic carbocycles. The smallest absolute Gasteiger partial charge is 0.319 e. The lowest BCUT2D eigenvalue weighted by Crippen LogP contribution is -2.58. The zero-order valence-corrected chi connectivity index (χ0v) is 61.0. The number of aromatic nitrogens is 3. The van der Waals surface area contributed by atoms with Crippen molar-refractivity contribution in [1.29, 1.82) is 0 Å². The Balaban J connectivity index is 0.546. The number of aliphatic hydroxyl groups excluding tert-OH is 1. The molecule has 6 aromatic rings. The summed E-state index contributed by atoms with van der Waals surface area (Å²) in [5, 5.41) is 29.1. The molecule has 28 heteroatoms. The quantitative estimate of drug-likeness (QED) is 0.0210. The third-order valence-corrected chi connectivity index (χ3v) is 19.1. The number of carbonyl (C=O) groups is 4. The number of piperidine rings is 1. The van der Waals surface area contributed by atoms with Crippen LogP contribution in [0.15, 0.2) is 84.9 Å². The number of phenolic OH excluding ortho intramolecular Hbond substituents is 1. The van der Waals surface area contributed by atoms with Gasteiger partial charge in [-0.25, -0.2) is 9.37 Å². The average molecular weight is 1460 g/mol. The second-order valence-electron chi connectivity index (χ2n) is 26.5. The van der Waals surface area contributed by atoms with E-state index in [9.17, 15) is 29.4 Å². The Morgan fingerprint density at radius 1 is 0.755 bits per heavy atom. The number of rotatable bonds is 40. The summed E-state index contributed by atoms with van der Waals surface area (Å²) in [4.78, 5) is 75.5. The highest BCUT2D eigenvalue weighted by molar-refractivity contribution is 7.13.